The van der Waals surface area contributed by atoms with Crippen LogP contribution in [0.5, 0.6) is 0 Å². The highest BCUT2D eigenvalue weighted by atomic mass is 32.2. The molecule has 4 nitrogen and oxygen atoms in total. The predicted molar refractivity (Wildman–Crippen MR) is 86.3 cm³/mol. The van der Waals surface area contributed by atoms with Gasteiger partial charge in [0.15, 0.2) is 0 Å². The number of aryl methyl sites for hydroxylation is 1. The zero-order valence-corrected chi connectivity index (χ0v) is 14.0. The Balaban J connectivity index is 1.56. The van der Waals surface area contributed by atoms with Crippen LogP contribution in [0.3, 0.4) is 0 Å². The lowest BCUT2D eigenvalue weighted by Crippen LogP contribution is -2.38. The zero-order chi connectivity index (χ0) is 15.6. The Hall–Kier alpha value is -0.910. The highest BCUT2D eigenvalue weighted by molar-refractivity contribution is 7.86. The number of likely N-dealkylation sites (tertiary alicyclic amines) is 1. The fraction of sp³-hybridized carbons (Fsp3) is 0.647. The monoisotopic (exact) mass is 323 g/mol. The van der Waals surface area contributed by atoms with Gasteiger partial charge in [0.05, 0.1) is 11.0 Å². The Morgan fingerprint density at radius 3 is 2.18 bits per heavy atom. The Kier molecular flexibility index (Phi) is 4.85. The molecular weight excluding hydrogens is 298 g/mol. The molecule has 3 rings (SSSR count). The molecule has 0 unspecified atom stereocenters. The van der Waals surface area contributed by atoms with Gasteiger partial charge in [0.1, 0.15) is 0 Å². The van der Waals surface area contributed by atoms with Crippen LogP contribution < -0.4 is 0 Å². The van der Waals surface area contributed by atoms with Gasteiger partial charge in [-0.25, -0.2) is 0 Å². The van der Waals surface area contributed by atoms with Gasteiger partial charge in [-0.05, 0) is 70.7 Å². The molecule has 2 aliphatic rings. The average molecular weight is 323 g/mol. The van der Waals surface area contributed by atoms with Gasteiger partial charge in [-0.15, -0.1) is 0 Å². The summed E-state index contributed by atoms with van der Waals surface area (Å²) in [5, 5.41) is 0. The largest absolute Gasteiger partial charge is 0.300 e. The standard InChI is InChI=1S/C17H25NO3S/c1-14-4-10-17(11-5-14)22(19,20)21-16-8-6-15(7-9-16)18-12-2-3-13-18/h4-5,10-11,15-16H,2-3,6-9,12-13H2,1H3. The van der Waals surface area contributed by atoms with Crippen LogP contribution in [-0.4, -0.2) is 38.6 Å². The van der Waals surface area contributed by atoms with Crippen LogP contribution in [0, 0.1) is 6.92 Å². The molecular formula is C17H25NO3S. The molecule has 2 fully saturated rings. The fourth-order valence-corrected chi connectivity index (χ4v) is 4.68. The van der Waals surface area contributed by atoms with Crippen molar-refractivity contribution in [1.29, 1.82) is 0 Å². The predicted octanol–water partition coefficient (Wildman–Crippen LogP) is 3.11. The van der Waals surface area contributed by atoms with Crippen LogP contribution >= 0.6 is 0 Å². The maximum atomic E-state index is 12.3. The second-order valence-electron chi connectivity index (χ2n) is 6.54. The van der Waals surface area contributed by atoms with E-state index in [2.05, 4.69) is 4.90 Å². The molecule has 1 aliphatic heterocycles. The van der Waals surface area contributed by atoms with E-state index in [1.807, 2.05) is 6.92 Å². The van der Waals surface area contributed by atoms with Crippen LogP contribution in [0.2, 0.25) is 0 Å². The number of rotatable bonds is 4. The van der Waals surface area contributed by atoms with Crippen molar-refractivity contribution in [3.05, 3.63) is 29.8 Å². The van der Waals surface area contributed by atoms with E-state index < -0.39 is 10.1 Å². The van der Waals surface area contributed by atoms with E-state index in [0.717, 1.165) is 31.2 Å². The van der Waals surface area contributed by atoms with Crippen molar-refractivity contribution in [2.24, 2.45) is 0 Å². The van der Waals surface area contributed by atoms with E-state index in [1.165, 1.54) is 25.9 Å². The summed E-state index contributed by atoms with van der Waals surface area (Å²) >= 11 is 0. The minimum atomic E-state index is -3.63. The van der Waals surface area contributed by atoms with Gasteiger partial charge in [0.2, 0.25) is 0 Å². The Morgan fingerprint density at radius 1 is 1.00 bits per heavy atom. The molecule has 122 valence electrons. The first-order valence-electron chi connectivity index (χ1n) is 8.28. The van der Waals surface area contributed by atoms with E-state index in [4.69, 9.17) is 4.18 Å². The molecule has 1 heterocycles. The smallest absolute Gasteiger partial charge is 0.297 e. The molecule has 1 aromatic rings. The van der Waals surface area contributed by atoms with Gasteiger partial charge in [-0.1, -0.05) is 17.7 Å². The van der Waals surface area contributed by atoms with Crippen LogP contribution in [0.15, 0.2) is 29.2 Å². The first-order valence-corrected chi connectivity index (χ1v) is 9.69. The van der Waals surface area contributed by atoms with Crippen molar-refractivity contribution < 1.29 is 12.6 Å². The topological polar surface area (TPSA) is 46.6 Å². The van der Waals surface area contributed by atoms with Crippen molar-refractivity contribution in [3.63, 3.8) is 0 Å². The molecule has 0 bridgehead atoms. The Morgan fingerprint density at radius 2 is 1.59 bits per heavy atom. The highest BCUT2D eigenvalue weighted by Crippen LogP contribution is 2.29. The molecule has 1 saturated carbocycles. The second-order valence-corrected chi connectivity index (χ2v) is 8.11. The minimum absolute atomic E-state index is 0.162. The third-order valence-electron chi connectivity index (χ3n) is 4.87. The molecule has 1 aliphatic carbocycles. The van der Waals surface area contributed by atoms with Gasteiger partial charge >= 0.3 is 0 Å². The third-order valence-corrected chi connectivity index (χ3v) is 6.25. The molecule has 1 saturated heterocycles. The molecule has 0 N–H and O–H groups in total. The van der Waals surface area contributed by atoms with Crippen LogP contribution in [0.1, 0.15) is 44.1 Å². The normalized spacial score (nSPS) is 27.1. The Bertz CT molecular complexity index is 583. The molecule has 0 amide bonds. The second kappa shape index (κ2) is 6.69. The zero-order valence-electron chi connectivity index (χ0n) is 13.2. The summed E-state index contributed by atoms with van der Waals surface area (Å²) in [4.78, 5) is 2.82. The van der Waals surface area contributed by atoms with Gasteiger partial charge in [-0.3, -0.25) is 4.18 Å². The summed E-state index contributed by atoms with van der Waals surface area (Å²) in [6.45, 7) is 4.35. The number of benzene rings is 1. The lowest BCUT2D eigenvalue weighted by atomic mass is 9.92. The lowest BCUT2D eigenvalue weighted by molar-refractivity contribution is 0.104. The van der Waals surface area contributed by atoms with E-state index >= 15 is 0 Å². The maximum Gasteiger partial charge on any atom is 0.297 e. The molecule has 0 radical (unpaired) electrons. The number of hydrogen-bond donors (Lipinski definition) is 0. The maximum absolute atomic E-state index is 12.3. The van der Waals surface area contributed by atoms with E-state index in [-0.39, 0.29) is 11.0 Å². The van der Waals surface area contributed by atoms with Crippen LogP contribution in [0.4, 0.5) is 0 Å². The number of nitrogens with zero attached hydrogens (tertiary/aromatic N) is 1. The van der Waals surface area contributed by atoms with Crippen molar-refractivity contribution in [3.8, 4) is 0 Å². The molecule has 0 spiro atoms. The molecule has 22 heavy (non-hydrogen) atoms. The summed E-state index contributed by atoms with van der Waals surface area (Å²) in [6, 6.07) is 7.49. The third kappa shape index (κ3) is 3.70. The lowest BCUT2D eigenvalue weighted by Gasteiger charge is -2.34. The average Bonchev–Trinajstić information content (AvgIpc) is 3.02. The fourth-order valence-electron chi connectivity index (χ4n) is 3.55. The van der Waals surface area contributed by atoms with Gasteiger partial charge < -0.3 is 4.90 Å². The van der Waals surface area contributed by atoms with Crippen molar-refractivity contribution in [2.75, 3.05) is 13.1 Å². The molecule has 0 aromatic heterocycles. The SMILES string of the molecule is Cc1ccc(S(=O)(=O)OC2CCC(N3CCCC3)CC2)cc1. The van der Waals surface area contributed by atoms with E-state index in [0.29, 0.717) is 6.04 Å². The highest BCUT2D eigenvalue weighted by Gasteiger charge is 2.30. The van der Waals surface area contributed by atoms with Crippen molar-refractivity contribution in [2.45, 2.75) is 62.5 Å². The summed E-state index contributed by atoms with van der Waals surface area (Å²) < 4.78 is 30.1. The van der Waals surface area contributed by atoms with Crippen molar-refractivity contribution in [1.82, 2.24) is 4.90 Å². The summed E-state index contributed by atoms with van der Waals surface area (Å²) in [7, 11) is -3.63. The van der Waals surface area contributed by atoms with Crippen molar-refractivity contribution >= 4 is 10.1 Å². The Labute approximate surface area is 133 Å². The van der Waals surface area contributed by atoms with Gasteiger partial charge in [-0.2, -0.15) is 8.42 Å². The van der Waals surface area contributed by atoms with Crippen LogP contribution in [-0.2, 0) is 14.3 Å². The summed E-state index contributed by atoms with van der Waals surface area (Å²) in [5.41, 5.74) is 1.05. The first-order chi connectivity index (χ1) is 10.5. The first kappa shape index (κ1) is 16.0. The van der Waals surface area contributed by atoms with E-state index in [1.54, 1.807) is 24.3 Å². The summed E-state index contributed by atoms with van der Waals surface area (Å²) in [6.07, 6.45) is 6.22. The quantitative estimate of drug-likeness (QED) is 0.799. The van der Waals surface area contributed by atoms with Crippen LogP contribution in [0.25, 0.3) is 0 Å². The molecule has 5 heteroatoms. The van der Waals surface area contributed by atoms with Gasteiger partial charge in [0.25, 0.3) is 10.1 Å². The minimum Gasteiger partial charge on any atom is -0.300 e. The molecule has 0 atom stereocenters. The van der Waals surface area contributed by atoms with Gasteiger partial charge in [0, 0.05) is 6.04 Å². The van der Waals surface area contributed by atoms with E-state index in [9.17, 15) is 8.42 Å². The summed E-state index contributed by atoms with van der Waals surface area (Å²) in [5.74, 6) is 0. The number of hydrogen-bond acceptors (Lipinski definition) is 4. The molecule has 1 aromatic carbocycles.